The Bertz CT molecular complexity index is 200. The Morgan fingerprint density at radius 3 is 2.50 bits per heavy atom. The Morgan fingerprint density at radius 2 is 2.00 bits per heavy atom. The van der Waals surface area contributed by atoms with Crippen LogP contribution >= 0.6 is 0 Å². The average molecular weight is 229 g/mol. The van der Waals surface area contributed by atoms with Gasteiger partial charge in [0.15, 0.2) is 0 Å². The quantitative estimate of drug-likeness (QED) is 0.628. The van der Waals surface area contributed by atoms with Gasteiger partial charge in [-0.3, -0.25) is 4.79 Å². The van der Waals surface area contributed by atoms with E-state index >= 15 is 0 Å². The third-order valence-electron chi connectivity index (χ3n) is 2.52. The van der Waals surface area contributed by atoms with Crippen LogP contribution in [0.4, 0.5) is 0 Å². The van der Waals surface area contributed by atoms with Gasteiger partial charge in [0, 0.05) is 13.0 Å². The van der Waals surface area contributed by atoms with Gasteiger partial charge in [0.05, 0.1) is 5.60 Å². The Morgan fingerprint density at radius 1 is 1.38 bits per heavy atom. The molecule has 0 heterocycles. The van der Waals surface area contributed by atoms with E-state index in [0.29, 0.717) is 25.3 Å². The minimum Gasteiger partial charge on any atom is -0.388 e. The first-order chi connectivity index (χ1) is 7.37. The molecule has 3 nitrogen and oxygen atoms in total. The first-order valence-corrected chi connectivity index (χ1v) is 6.36. The molecular formula is C13H27NO2. The van der Waals surface area contributed by atoms with Crippen molar-refractivity contribution < 1.29 is 9.90 Å². The highest BCUT2D eigenvalue weighted by Gasteiger charge is 2.22. The summed E-state index contributed by atoms with van der Waals surface area (Å²) in [6.07, 6.45) is 4.44. The van der Waals surface area contributed by atoms with Gasteiger partial charge in [0.1, 0.15) is 0 Å². The monoisotopic (exact) mass is 229 g/mol. The second kappa shape index (κ2) is 7.66. The summed E-state index contributed by atoms with van der Waals surface area (Å²) in [4.78, 5) is 11.4. The van der Waals surface area contributed by atoms with Crippen LogP contribution in [-0.4, -0.2) is 23.2 Å². The highest BCUT2D eigenvalue weighted by Crippen LogP contribution is 2.15. The molecule has 1 amide bonds. The summed E-state index contributed by atoms with van der Waals surface area (Å²) in [5.74, 6) is 0.490. The van der Waals surface area contributed by atoms with Crippen LogP contribution in [-0.2, 0) is 4.79 Å². The SMILES string of the molecule is CCCCCC(=O)NCC(C)(O)CC(C)C. The van der Waals surface area contributed by atoms with Crippen molar-refractivity contribution in [2.75, 3.05) is 6.54 Å². The average Bonchev–Trinajstić information content (AvgIpc) is 2.13. The lowest BCUT2D eigenvalue weighted by atomic mass is 9.94. The summed E-state index contributed by atoms with van der Waals surface area (Å²) >= 11 is 0. The maximum absolute atomic E-state index is 11.4. The van der Waals surface area contributed by atoms with Gasteiger partial charge < -0.3 is 10.4 Å². The maximum atomic E-state index is 11.4. The summed E-state index contributed by atoms with van der Waals surface area (Å²) < 4.78 is 0. The van der Waals surface area contributed by atoms with Crippen molar-refractivity contribution >= 4 is 5.91 Å². The van der Waals surface area contributed by atoms with E-state index in [2.05, 4.69) is 26.1 Å². The van der Waals surface area contributed by atoms with Crippen LogP contribution in [0.1, 0.15) is 59.8 Å². The van der Waals surface area contributed by atoms with Gasteiger partial charge in [-0.2, -0.15) is 0 Å². The first-order valence-electron chi connectivity index (χ1n) is 6.36. The van der Waals surface area contributed by atoms with Crippen LogP contribution in [0.15, 0.2) is 0 Å². The van der Waals surface area contributed by atoms with Crippen LogP contribution in [0.5, 0.6) is 0 Å². The third kappa shape index (κ3) is 8.72. The third-order valence-corrected chi connectivity index (χ3v) is 2.52. The lowest BCUT2D eigenvalue weighted by Crippen LogP contribution is -2.41. The van der Waals surface area contributed by atoms with Crippen molar-refractivity contribution in [3.8, 4) is 0 Å². The molecule has 0 rings (SSSR count). The Kier molecular flexibility index (Phi) is 7.39. The number of hydrogen-bond acceptors (Lipinski definition) is 2. The van der Waals surface area contributed by atoms with E-state index < -0.39 is 5.60 Å². The van der Waals surface area contributed by atoms with Crippen LogP contribution in [0.3, 0.4) is 0 Å². The molecule has 0 aromatic rings. The van der Waals surface area contributed by atoms with Gasteiger partial charge in [-0.15, -0.1) is 0 Å². The number of rotatable bonds is 8. The number of carbonyl (C=O) groups is 1. The zero-order chi connectivity index (χ0) is 12.6. The van der Waals surface area contributed by atoms with Gasteiger partial charge in [-0.05, 0) is 25.7 Å². The molecule has 0 fully saturated rings. The van der Waals surface area contributed by atoms with E-state index in [4.69, 9.17) is 0 Å². The second-order valence-electron chi connectivity index (χ2n) is 5.33. The molecule has 0 radical (unpaired) electrons. The second-order valence-corrected chi connectivity index (χ2v) is 5.33. The molecule has 2 N–H and O–H groups in total. The fourth-order valence-corrected chi connectivity index (χ4v) is 1.86. The fraction of sp³-hybridized carbons (Fsp3) is 0.923. The molecule has 0 bridgehead atoms. The van der Waals surface area contributed by atoms with E-state index in [-0.39, 0.29) is 5.91 Å². The van der Waals surface area contributed by atoms with Gasteiger partial charge in [-0.1, -0.05) is 33.6 Å². The molecule has 1 atom stereocenters. The number of hydrogen-bond donors (Lipinski definition) is 2. The number of carbonyl (C=O) groups excluding carboxylic acids is 1. The molecule has 3 heteroatoms. The Balaban J connectivity index is 3.72. The predicted octanol–water partition coefficient (Wildman–Crippen LogP) is 2.48. The number of aliphatic hydroxyl groups is 1. The molecule has 0 aromatic carbocycles. The lowest BCUT2D eigenvalue weighted by Gasteiger charge is -2.25. The first kappa shape index (κ1) is 15.4. The molecule has 0 aromatic heterocycles. The lowest BCUT2D eigenvalue weighted by molar-refractivity contribution is -0.122. The molecule has 0 aliphatic carbocycles. The fourth-order valence-electron chi connectivity index (χ4n) is 1.86. The summed E-state index contributed by atoms with van der Waals surface area (Å²) in [5.41, 5.74) is -0.783. The van der Waals surface area contributed by atoms with Crippen molar-refractivity contribution in [1.82, 2.24) is 5.32 Å². The van der Waals surface area contributed by atoms with E-state index in [1.807, 2.05) is 0 Å². The summed E-state index contributed by atoms with van der Waals surface area (Å²) in [5, 5.41) is 12.8. The summed E-state index contributed by atoms with van der Waals surface area (Å²) in [6.45, 7) is 8.38. The van der Waals surface area contributed by atoms with Gasteiger partial charge in [0.2, 0.25) is 5.91 Å². The molecule has 0 aliphatic rings. The van der Waals surface area contributed by atoms with Crippen molar-refractivity contribution in [2.24, 2.45) is 5.92 Å². The molecule has 0 saturated carbocycles. The minimum atomic E-state index is -0.783. The topological polar surface area (TPSA) is 49.3 Å². The zero-order valence-corrected chi connectivity index (χ0v) is 11.2. The highest BCUT2D eigenvalue weighted by molar-refractivity contribution is 5.75. The Hall–Kier alpha value is -0.570. The largest absolute Gasteiger partial charge is 0.388 e. The summed E-state index contributed by atoms with van der Waals surface area (Å²) in [7, 11) is 0. The van der Waals surface area contributed by atoms with E-state index in [1.54, 1.807) is 6.92 Å². The number of amides is 1. The normalized spacial score (nSPS) is 14.9. The summed E-state index contributed by atoms with van der Waals surface area (Å²) in [6, 6.07) is 0. The number of unbranched alkanes of at least 4 members (excludes halogenated alkanes) is 2. The smallest absolute Gasteiger partial charge is 0.220 e. The van der Waals surface area contributed by atoms with Crippen LogP contribution in [0.25, 0.3) is 0 Å². The predicted molar refractivity (Wildman–Crippen MR) is 67.2 cm³/mol. The molecule has 0 saturated heterocycles. The maximum Gasteiger partial charge on any atom is 0.220 e. The molecule has 16 heavy (non-hydrogen) atoms. The van der Waals surface area contributed by atoms with Gasteiger partial charge in [-0.25, -0.2) is 0 Å². The van der Waals surface area contributed by atoms with Crippen molar-refractivity contribution in [1.29, 1.82) is 0 Å². The van der Waals surface area contributed by atoms with Crippen LogP contribution in [0.2, 0.25) is 0 Å². The molecule has 0 spiro atoms. The van der Waals surface area contributed by atoms with Crippen LogP contribution in [0, 0.1) is 5.92 Å². The van der Waals surface area contributed by atoms with Crippen molar-refractivity contribution in [2.45, 2.75) is 65.4 Å². The van der Waals surface area contributed by atoms with Crippen LogP contribution < -0.4 is 5.32 Å². The van der Waals surface area contributed by atoms with Gasteiger partial charge in [0.25, 0.3) is 0 Å². The minimum absolute atomic E-state index is 0.0532. The molecule has 0 aliphatic heterocycles. The van der Waals surface area contributed by atoms with E-state index in [1.165, 1.54) is 0 Å². The van der Waals surface area contributed by atoms with E-state index in [9.17, 15) is 9.90 Å². The van der Waals surface area contributed by atoms with E-state index in [0.717, 1.165) is 19.3 Å². The zero-order valence-electron chi connectivity index (χ0n) is 11.2. The molecule has 1 unspecified atom stereocenters. The highest BCUT2D eigenvalue weighted by atomic mass is 16.3. The number of nitrogens with one attached hydrogen (secondary N) is 1. The van der Waals surface area contributed by atoms with Gasteiger partial charge >= 0.3 is 0 Å². The van der Waals surface area contributed by atoms with Crippen molar-refractivity contribution in [3.05, 3.63) is 0 Å². The Labute approximate surface area is 99.6 Å². The standard InChI is InChI=1S/C13H27NO2/c1-5-6-7-8-12(15)14-10-13(4,16)9-11(2)3/h11,16H,5-10H2,1-4H3,(H,14,15). The molecule has 96 valence electrons. The van der Waals surface area contributed by atoms with Crippen molar-refractivity contribution in [3.63, 3.8) is 0 Å². The molecular weight excluding hydrogens is 202 g/mol.